The lowest BCUT2D eigenvalue weighted by Crippen LogP contribution is -1.76. The van der Waals surface area contributed by atoms with E-state index in [1.165, 1.54) is 16.5 Å². The number of hydrogen-bond donors (Lipinski definition) is 0. The molecule has 13 heavy (non-hydrogen) atoms. The molecule has 2 heteroatoms. The van der Waals surface area contributed by atoms with Gasteiger partial charge < -0.3 is 4.42 Å². The summed E-state index contributed by atoms with van der Waals surface area (Å²) in [6.07, 6.45) is 3.97. The number of benzene rings is 1. The highest BCUT2D eigenvalue weighted by Gasteiger charge is 2.04. The first kappa shape index (κ1) is 8.70. The van der Waals surface area contributed by atoms with Crippen LogP contribution in [0.4, 0.5) is 0 Å². The molecule has 2 rings (SSSR count). The average Bonchev–Trinajstić information content (AvgIpc) is 2.49. The monoisotopic (exact) mass is 192 g/mol. The lowest BCUT2D eigenvalue weighted by molar-refractivity contribution is 0.612. The Labute approximate surface area is 82.1 Å². The molecule has 0 fully saturated rings. The zero-order valence-electron chi connectivity index (χ0n) is 7.83. The highest BCUT2D eigenvalue weighted by Crippen LogP contribution is 2.24. The van der Waals surface area contributed by atoms with Crippen LogP contribution in [0.3, 0.4) is 0 Å². The number of aryl methyl sites for hydroxylation is 1. The molecule has 0 unspecified atom stereocenters. The van der Waals surface area contributed by atoms with Gasteiger partial charge in [0.1, 0.15) is 5.58 Å². The summed E-state index contributed by atoms with van der Waals surface area (Å²) in [5, 5.41) is 1.26. The van der Waals surface area contributed by atoms with Crippen LogP contribution in [0.2, 0.25) is 0 Å². The number of furan rings is 1. The molecule has 0 amide bonds. The number of hydrogen-bond acceptors (Lipinski definition) is 2. The minimum absolute atomic E-state index is 0.995. The highest BCUT2D eigenvalue weighted by molar-refractivity contribution is 7.97. The molecular formula is C11H12OS. The van der Waals surface area contributed by atoms with Crippen LogP contribution < -0.4 is 0 Å². The molecular weight excluding hydrogens is 180 g/mol. The lowest BCUT2D eigenvalue weighted by Gasteiger charge is -1.95. The summed E-state index contributed by atoms with van der Waals surface area (Å²) < 4.78 is 5.44. The Balaban J connectivity index is 2.58. The maximum absolute atomic E-state index is 5.44. The van der Waals surface area contributed by atoms with Crippen LogP contribution in [0.5, 0.6) is 0 Å². The number of thioether (sulfide) groups is 1. The van der Waals surface area contributed by atoms with Crippen molar-refractivity contribution >= 4 is 22.7 Å². The quantitative estimate of drug-likeness (QED) is 0.721. The van der Waals surface area contributed by atoms with Crippen LogP contribution in [-0.2, 0) is 5.75 Å². The van der Waals surface area contributed by atoms with Crippen LogP contribution >= 0.6 is 11.8 Å². The molecule has 0 spiro atoms. The topological polar surface area (TPSA) is 13.1 Å². The van der Waals surface area contributed by atoms with E-state index in [1.807, 2.05) is 24.1 Å². The van der Waals surface area contributed by atoms with E-state index in [0.29, 0.717) is 0 Å². The molecule has 0 aliphatic heterocycles. The Morgan fingerprint density at radius 3 is 3.00 bits per heavy atom. The Kier molecular flexibility index (Phi) is 2.32. The Morgan fingerprint density at radius 2 is 2.23 bits per heavy atom. The normalized spacial score (nSPS) is 10.9. The molecule has 1 aromatic carbocycles. The van der Waals surface area contributed by atoms with E-state index in [2.05, 4.69) is 25.3 Å². The van der Waals surface area contributed by atoms with Crippen molar-refractivity contribution in [2.24, 2.45) is 0 Å². The van der Waals surface area contributed by atoms with Gasteiger partial charge in [-0.1, -0.05) is 11.6 Å². The third kappa shape index (κ3) is 1.59. The SMILES string of the molecule is CSCc1coc2ccc(C)cc12. The minimum Gasteiger partial charge on any atom is -0.464 e. The molecule has 0 radical (unpaired) electrons. The summed E-state index contributed by atoms with van der Waals surface area (Å²) in [5.74, 6) is 1.02. The van der Waals surface area contributed by atoms with Gasteiger partial charge in [-0.25, -0.2) is 0 Å². The van der Waals surface area contributed by atoms with Crippen molar-refractivity contribution < 1.29 is 4.42 Å². The van der Waals surface area contributed by atoms with Crippen LogP contribution in [0.1, 0.15) is 11.1 Å². The average molecular weight is 192 g/mol. The molecule has 0 saturated carbocycles. The first-order valence-corrected chi connectivity index (χ1v) is 5.66. The van der Waals surface area contributed by atoms with Crippen molar-refractivity contribution in [3.05, 3.63) is 35.6 Å². The van der Waals surface area contributed by atoms with E-state index in [4.69, 9.17) is 4.42 Å². The molecule has 0 aliphatic rings. The Morgan fingerprint density at radius 1 is 1.38 bits per heavy atom. The largest absolute Gasteiger partial charge is 0.464 e. The van der Waals surface area contributed by atoms with Gasteiger partial charge in [-0.2, -0.15) is 11.8 Å². The van der Waals surface area contributed by atoms with Gasteiger partial charge in [-0.3, -0.25) is 0 Å². The molecule has 1 nitrogen and oxygen atoms in total. The van der Waals surface area contributed by atoms with Crippen molar-refractivity contribution in [2.45, 2.75) is 12.7 Å². The van der Waals surface area contributed by atoms with E-state index < -0.39 is 0 Å². The van der Waals surface area contributed by atoms with Crippen molar-refractivity contribution in [3.8, 4) is 0 Å². The fourth-order valence-electron chi connectivity index (χ4n) is 1.46. The van der Waals surface area contributed by atoms with Gasteiger partial charge in [0.2, 0.25) is 0 Å². The van der Waals surface area contributed by atoms with Gasteiger partial charge in [-0.05, 0) is 25.3 Å². The van der Waals surface area contributed by atoms with Crippen molar-refractivity contribution in [1.82, 2.24) is 0 Å². The van der Waals surface area contributed by atoms with Crippen molar-refractivity contribution in [1.29, 1.82) is 0 Å². The molecule has 0 saturated heterocycles. The fourth-order valence-corrected chi connectivity index (χ4v) is 2.00. The molecule has 68 valence electrons. The van der Waals surface area contributed by atoms with Crippen molar-refractivity contribution in [3.63, 3.8) is 0 Å². The first-order valence-electron chi connectivity index (χ1n) is 4.27. The van der Waals surface area contributed by atoms with Gasteiger partial charge in [0.15, 0.2) is 0 Å². The predicted octanol–water partition coefficient (Wildman–Crippen LogP) is 3.60. The first-order chi connectivity index (χ1) is 6.31. The lowest BCUT2D eigenvalue weighted by atomic mass is 10.1. The summed E-state index contributed by atoms with van der Waals surface area (Å²) in [5.41, 5.74) is 3.58. The third-order valence-electron chi connectivity index (χ3n) is 2.11. The smallest absolute Gasteiger partial charge is 0.134 e. The zero-order chi connectivity index (χ0) is 9.26. The van der Waals surface area contributed by atoms with E-state index in [0.717, 1.165) is 11.3 Å². The second-order valence-electron chi connectivity index (χ2n) is 3.19. The van der Waals surface area contributed by atoms with Crippen LogP contribution in [0.25, 0.3) is 11.0 Å². The van der Waals surface area contributed by atoms with Crippen LogP contribution in [0, 0.1) is 6.92 Å². The van der Waals surface area contributed by atoms with E-state index in [1.54, 1.807) is 0 Å². The van der Waals surface area contributed by atoms with Crippen LogP contribution in [-0.4, -0.2) is 6.26 Å². The van der Waals surface area contributed by atoms with Gasteiger partial charge >= 0.3 is 0 Å². The second-order valence-corrected chi connectivity index (χ2v) is 4.06. The van der Waals surface area contributed by atoms with Gasteiger partial charge in [0.05, 0.1) is 6.26 Å². The summed E-state index contributed by atoms with van der Waals surface area (Å²) >= 11 is 1.82. The van der Waals surface area contributed by atoms with Gasteiger partial charge in [0.25, 0.3) is 0 Å². The predicted molar refractivity (Wildman–Crippen MR) is 58.2 cm³/mol. The highest BCUT2D eigenvalue weighted by atomic mass is 32.2. The van der Waals surface area contributed by atoms with E-state index in [9.17, 15) is 0 Å². The van der Waals surface area contributed by atoms with Crippen molar-refractivity contribution in [2.75, 3.05) is 6.26 Å². The summed E-state index contributed by atoms with van der Waals surface area (Å²) in [6, 6.07) is 6.30. The maximum atomic E-state index is 5.44. The fraction of sp³-hybridized carbons (Fsp3) is 0.273. The van der Waals surface area contributed by atoms with Crippen LogP contribution in [0.15, 0.2) is 28.9 Å². The molecule has 1 heterocycles. The zero-order valence-corrected chi connectivity index (χ0v) is 8.65. The minimum atomic E-state index is 0.995. The third-order valence-corrected chi connectivity index (χ3v) is 2.71. The van der Waals surface area contributed by atoms with Gasteiger partial charge in [0, 0.05) is 16.7 Å². The van der Waals surface area contributed by atoms with Gasteiger partial charge in [-0.15, -0.1) is 0 Å². The molecule has 2 aromatic rings. The molecule has 0 aliphatic carbocycles. The number of fused-ring (bicyclic) bond motifs is 1. The molecule has 0 atom stereocenters. The standard InChI is InChI=1S/C11H12OS/c1-8-3-4-11-10(5-8)9(6-12-11)7-13-2/h3-6H,7H2,1-2H3. The van der Waals surface area contributed by atoms with E-state index in [-0.39, 0.29) is 0 Å². The molecule has 1 aromatic heterocycles. The van der Waals surface area contributed by atoms with E-state index >= 15 is 0 Å². The summed E-state index contributed by atoms with van der Waals surface area (Å²) in [7, 11) is 0. The maximum Gasteiger partial charge on any atom is 0.134 e. The summed E-state index contributed by atoms with van der Waals surface area (Å²) in [4.78, 5) is 0. The molecule has 0 N–H and O–H groups in total. The number of rotatable bonds is 2. The Hall–Kier alpha value is -0.890. The molecule has 0 bridgehead atoms. The Bertz CT molecular complexity index is 417. The summed E-state index contributed by atoms with van der Waals surface area (Å²) in [6.45, 7) is 2.11. The second kappa shape index (κ2) is 3.46.